The smallest absolute Gasteiger partial charge is 0.125 e. The minimum atomic E-state index is -0.976. The maximum Gasteiger partial charge on any atom is 0.125 e. The van der Waals surface area contributed by atoms with Crippen LogP contribution in [0, 0.1) is 5.41 Å². The second kappa shape index (κ2) is 1.96. The summed E-state index contributed by atoms with van der Waals surface area (Å²) in [4.78, 5) is 1.98. The Hall–Kier alpha value is -0.150. The zero-order valence-electron chi connectivity index (χ0n) is 6.81. The molecule has 3 rings (SSSR count). The van der Waals surface area contributed by atoms with Crippen LogP contribution >= 0.6 is 0 Å². The Morgan fingerprint density at radius 3 is 2.55 bits per heavy atom. The fraction of sp³-hybridized carbons (Fsp3) is 1.00. The van der Waals surface area contributed by atoms with Crippen molar-refractivity contribution in [2.75, 3.05) is 26.7 Å². The molecule has 0 amide bonds. The van der Waals surface area contributed by atoms with Gasteiger partial charge in [0.05, 0.1) is 6.61 Å². The van der Waals surface area contributed by atoms with Crippen molar-refractivity contribution in [3.63, 3.8) is 0 Å². The third kappa shape index (κ3) is 0.983. The van der Waals surface area contributed by atoms with Crippen molar-refractivity contribution >= 4 is 0 Å². The lowest BCUT2D eigenvalue weighted by Gasteiger charge is -2.58. The Morgan fingerprint density at radius 2 is 2.09 bits per heavy atom. The number of alkyl halides is 1. The van der Waals surface area contributed by atoms with Gasteiger partial charge in [-0.25, -0.2) is 4.39 Å². The lowest BCUT2D eigenvalue weighted by atomic mass is 9.57. The van der Waals surface area contributed by atoms with Crippen LogP contribution in [0.2, 0.25) is 0 Å². The molecule has 11 heavy (non-hydrogen) atoms. The molecule has 0 aromatic heterocycles. The minimum absolute atomic E-state index is 0.0955. The predicted octanol–water partition coefficient (Wildman–Crippen LogP) is 0.413. The molecule has 1 N–H and O–H groups in total. The van der Waals surface area contributed by atoms with Gasteiger partial charge in [-0.15, -0.1) is 0 Å². The molecule has 1 aliphatic carbocycles. The Labute approximate surface area is 66.0 Å². The van der Waals surface area contributed by atoms with E-state index in [2.05, 4.69) is 0 Å². The van der Waals surface area contributed by atoms with Gasteiger partial charge in [0.2, 0.25) is 0 Å². The largest absolute Gasteiger partial charge is 0.396 e. The SMILES string of the molecule is CN1CC2(F)CC(CO)(C1)C2. The zero-order chi connectivity index (χ0) is 8.11. The highest BCUT2D eigenvalue weighted by atomic mass is 19.1. The number of aliphatic hydroxyl groups excluding tert-OH is 1. The van der Waals surface area contributed by atoms with E-state index in [-0.39, 0.29) is 12.0 Å². The molecule has 2 aliphatic heterocycles. The van der Waals surface area contributed by atoms with Crippen molar-refractivity contribution in [1.29, 1.82) is 0 Å². The van der Waals surface area contributed by atoms with Gasteiger partial charge in [0.15, 0.2) is 0 Å². The molecule has 0 unspecified atom stereocenters. The highest BCUT2D eigenvalue weighted by molar-refractivity contribution is 5.10. The number of nitrogens with zero attached hydrogens (tertiary/aromatic N) is 1. The first-order chi connectivity index (χ1) is 5.08. The standard InChI is InChI=1S/C8H14FNO/c1-10-4-7(6-11)2-8(9,3-7)5-10/h11H,2-6H2,1H3. The molecule has 0 spiro atoms. The van der Waals surface area contributed by atoms with Crippen molar-refractivity contribution in [2.45, 2.75) is 18.5 Å². The van der Waals surface area contributed by atoms with E-state index in [1.54, 1.807) is 0 Å². The summed E-state index contributed by atoms with van der Waals surface area (Å²) >= 11 is 0. The maximum atomic E-state index is 13.5. The van der Waals surface area contributed by atoms with Gasteiger partial charge in [0.1, 0.15) is 5.67 Å². The van der Waals surface area contributed by atoms with Crippen LogP contribution in [0.5, 0.6) is 0 Å². The molecular weight excluding hydrogens is 145 g/mol. The van der Waals surface area contributed by atoms with E-state index in [4.69, 9.17) is 5.11 Å². The first-order valence-electron chi connectivity index (χ1n) is 4.06. The summed E-state index contributed by atoms with van der Waals surface area (Å²) in [5, 5.41) is 9.03. The zero-order valence-corrected chi connectivity index (χ0v) is 6.81. The molecule has 1 saturated carbocycles. The van der Waals surface area contributed by atoms with Crippen LogP contribution in [0.3, 0.4) is 0 Å². The van der Waals surface area contributed by atoms with Gasteiger partial charge in [-0.2, -0.15) is 0 Å². The minimum Gasteiger partial charge on any atom is -0.396 e. The summed E-state index contributed by atoms with van der Waals surface area (Å²) in [6.07, 6.45) is 1.14. The Bertz CT molecular complexity index is 171. The lowest BCUT2D eigenvalue weighted by Crippen LogP contribution is -2.65. The molecule has 0 aromatic carbocycles. The van der Waals surface area contributed by atoms with Crippen LogP contribution in [0.1, 0.15) is 12.8 Å². The number of piperidine rings is 2. The average Bonchev–Trinajstić information content (AvgIpc) is 1.82. The third-order valence-electron chi connectivity index (χ3n) is 2.88. The first-order valence-corrected chi connectivity index (χ1v) is 4.06. The Kier molecular flexibility index (Phi) is 1.33. The monoisotopic (exact) mass is 159 g/mol. The first kappa shape index (κ1) is 7.50. The molecule has 0 aromatic rings. The Balaban J connectivity index is 2.10. The van der Waals surface area contributed by atoms with E-state index in [9.17, 15) is 4.39 Å². The summed E-state index contributed by atoms with van der Waals surface area (Å²) in [6.45, 7) is 1.55. The van der Waals surface area contributed by atoms with Gasteiger partial charge in [-0.3, -0.25) is 0 Å². The normalized spacial score (nSPS) is 50.5. The second-order valence-corrected chi connectivity index (χ2v) is 4.33. The van der Waals surface area contributed by atoms with Gasteiger partial charge < -0.3 is 10.0 Å². The molecule has 3 aliphatic rings. The van der Waals surface area contributed by atoms with Gasteiger partial charge >= 0.3 is 0 Å². The molecule has 2 bridgehead atoms. The highest BCUT2D eigenvalue weighted by Crippen LogP contribution is 2.54. The molecule has 2 heterocycles. The van der Waals surface area contributed by atoms with Crippen molar-refractivity contribution in [2.24, 2.45) is 5.41 Å². The summed E-state index contributed by atoms with van der Waals surface area (Å²) in [6, 6.07) is 0. The number of hydrogen-bond acceptors (Lipinski definition) is 2. The van der Waals surface area contributed by atoms with Crippen molar-refractivity contribution in [3.05, 3.63) is 0 Å². The molecule has 0 atom stereocenters. The number of hydrogen-bond donors (Lipinski definition) is 1. The number of halogens is 1. The molecule has 3 heteroatoms. The van der Waals surface area contributed by atoms with Crippen molar-refractivity contribution in [1.82, 2.24) is 4.90 Å². The van der Waals surface area contributed by atoms with Crippen LogP contribution < -0.4 is 0 Å². The lowest BCUT2D eigenvalue weighted by molar-refractivity contribution is -0.160. The van der Waals surface area contributed by atoms with Crippen LogP contribution in [0.15, 0.2) is 0 Å². The van der Waals surface area contributed by atoms with E-state index in [1.807, 2.05) is 11.9 Å². The van der Waals surface area contributed by atoms with Gasteiger partial charge in [-0.1, -0.05) is 0 Å². The second-order valence-electron chi connectivity index (χ2n) is 4.33. The summed E-state index contributed by atoms with van der Waals surface area (Å²) < 4.78 is 13.5. The van der Waals surface area contributed by atoms with Crippen LogP contribution in [0.4, 0.5) is 4.39 Å². The van der Waals surface area contributed by atoms with E-state index in [0.29, 0.717) is 19.4 Å². The van der Waals surface area contributed by atoms with Crippen LogP contribution in [-0.4, -0.2) is 42.4 Å². The Morgan fingerprint density at radius 1 is 1.45 bits per heavy atom. The van der Waals surface area contributed by atoms with Gasteiger partial charge in [0, 0.05) is 18.5 Å². The molecule has 3 fully saturated rings. The maximum absolute atomic E-state index is 13.5. The van der Waals surface area contributed by atoms with Gasteiger partial charge in [-0.05, 0) is 19.9 Å². The quantitative estimate of drug-likeness (QED) is 0.599. The number of fused-ring (bicyclic) bond motifs is 2. The summed E-state index contributed by atoms with van der Waals surface area (Å²) in [7, 11) is 1.91. The summed E-state index contributed by atoms with van der Waals surface area (Å²) in [5.74, 6) is 0. The van der Waals surface area contributed by atoms with Crippen LogP contribution in [-0.2, 0) is 0 Å². The third-order valence-corrected chi connectivity index (χ3v) is 2.88. The van der Waals surface area contributed by atoms with E-state index in [1.165, 1.54) is 0 Å². The van der Waals surface area contributed by atoms with Gasteiger partial charge in [0.25, 0.3) is 0 Å². The summed E-state index contributed by atoms with van der Waals surface area (Å²) in [5.41, 5.74) is -1.07. The van der Waals surface area contributed by atoms with E-state index in [0.717, 1.165) is 6.54 Å². The molecule has 0 radical (unpaired) electrons. The molecule has 2 nitrogen and oxygen atoms in total. The number of rotatable bonds is 1. The molecule has 2 saturated heterocycles. The van der Waals surface area contributed by atoms with Crippen molar-refractivity contribution < 1.29 is 9.50 Å². The highest BCUT2D eigenvalue weighted by Gasteiger charge is 2.59. The average molecular weight is 159 g/mol. The molecule has 64 valence electrons. The predicted molar refractivity (Wildman–Crippen MR) is 40.1 cm³/mol. The number of aliphatic hydroxyl groups is 1. The fourth-order valence-corrected chi connectivity index (χ4v) is 2.79. The van der Waals surface area contributed by atoms with Crippen molar-refractivity contribution in [3.8, 4) is 0 Å². The van der Waals surface area contributed by atoms with E-state index < -0.39 is 5.67 Å². The fourth-order valence-electron chi connectivity index (χ4n) is 2.79. The molecular formula is C8H14FNO. The topological polar surface area (TPSA) is 23.5 Å². The van der Waals surface area contributed by atoms with E-state index >= 15 is 0 Å². The van der Waals surface area contributed by atoms with Crippen LogP contribution in [0.25, 0.3) is 0 Å².